The molecule has 0 radical (unpaired) electrons. The number of nitrogens with zero attached hydrogens (tertiary/aromatic N) is 1. The van der Waals surface area contributed by atoms with Gasteiger partial charge in [-0.2, -0.15) is 12.7 Å². The Kier molecular flexibility index (Phi) is 9.10. The quantitative estimate of drug-likeness (QED) is 0.360. The fraction of sp³-hybridized carbons (Fsp3) is 0.345. The van der Waals surface area contributed by atoms with E-state index in [-0.39, 0.29) is 19.8 Å². The van der Waals surface area contributed by atoms with Crippen LogP contribution >= 0.6 is 0 Å². The minimum absolute atomic E-state index is 0.0395. The summed E-state index contributed by atoms with van der Waals surface area (Å²) in [6.45, 7) is 0.697. The highest BCUT2D eigenvalue weighted by atomic mass is 32.2. The van der Waals surface area contributed by atoms with Gasteiger partial charge < -0.3 is 23.7 Å². The second-order valence-corrected chi connectivity index (χ2v) is 10.8. The average molecular weight is 570 g/mol. The maximum Gasteiger partial charge on any atom is 0.427 e. The summed E-state index contributed by atoms with van der Waals surface area (Å²) >= 11 is 0. The molecule has 0 aliphatic carbocycles. The first-order valence-electron chi connectivity index (χ1n) is 12.8. The zero-order valence-corrected chi connectivity index (χ0v) is 22.7. The Morgan fingerprint density at radius 1 is 0.775 bits per heavy atom. The Balaban J connectivity index is 1.44. The van der Waals surface area contributed by atoms with E-state index < -0.39 is 47.0 Å². The van der Waals surface area contributed by atoms with E-state index in [1.807, 2.05) is 91.0 Å². The van der Waals surface area contributed by atoms with Crippen molar-refractivity contribution in [2.75, 3.05) is 13.7 Å². The van der Waals surface area contributed by atoms with E-state index in [0.717, 1.165) is 23.8 Å². The van der Waals surface area contributed by atoms with Gasteiger partial charge in [0.05, 0.1) is 33.5 Å². The Bertz CT molecular complexity index is 1340. The van der Waals surface area contributed by atoms with Crippen LogP contribution in [-0.2, 0) is 58.0 Å². The molecule has 5 rings (SSSR count). The first kappa shape index (κ1) is 28.2. The van der Waals surface area contributed by atoms with E-state index in [1.165, 1.54) is 0 Å². The van der Waals surface area contributed by atoms with Crippen molar-refractivity contribution in [3.63, 3.8) is 0 Å². The highest BCUT2D eigenvalue weighted by molar-refractivity contribution is 7.85. The molecule has 5 atom stereocenters. The molecule has 11 heteroatoms. The molecule has 0 bridgehead atoms. The smallest absolute Gasteiger partial charge is 0.427 e. The topological polar surface area (TPSA) is 110 Å². The lowest BCUT2D eigenvalue weighted by atomic mass is 9.97. The third kappa shape index (κ3) is 6.52. The standard InChI is InChI=1S/C29H31NO9S/c1-34-29(31)30-28-27(39-40(30,32)33)26(37-19-23-15-9-4-10-16-23)25(36-18-22-13-7-3-8-14-22)24(38-28)20-35-17-21-11-5-2-6-12-21/h2-16,24-28H,17-20H2,1H3/t24-,25-,26+,27-,28+/m1/s1. The van der Waals surface area contributed by atoms with Crippen LogP contribution < -0.4 is 0 Å². The van der Waals surface area contributed by atoms with Gasteiger partial charge in [-0.25, -0.2) is 8.98 Å². The minimum atomic E-state index is -4.52. The van der Waals surface area contributed by atoms with Crippen LogP contribution in [-0.4, -0.2) is 63.2 Å². The largest absolute Gasteiger partial charge is 0.452 e. The summed E-state index contributed by atoms with van der Waals surface area (Å²) in [4.78, 5) is 12.5. The Morgan fingerprint density at radius 3 is 1.80 bits per heavy atom. The van der Waals surface area contributed by atoms with Crippen molar-refractivity contribution in [3.8, 4) is 0 Å². The fourth-order valence-corrected chi connectivity index (χ4v) is 5.97. The lowest BCUT2D eigenvalue weighted by molar-refractivity contribution is -0.259. The highest BCUT2D eigenvalue weighted by Crippen LogP contribution is 2.38. The van der Waals surface area contributed by atoms with Gasteiger partial charge in [0.15, 0.2) is 12.3 Å². The SMILES string of the molecule is COC(=O)N1[C@H]2O[C@H](COCc3ccccc3)[C@@H](OCc3ccccc3)[C@H](OCc3ccccc3)[C@H]2OS1(=O)=O. The van der Waals surface area contributed by atoms with Crippen LogP contribution in [0.15, 0.2) is 91.0 Å². The second-order valence-electron chi connectivity index (χ2n) is 9.37. The van der Waals surface area contributed by atoms with Gasteiger partial charge in [-0.1, -0.05) is 91.0 Å². The molecule has 40 heavy (non-hydrogen) atoms. The summed E-state index contributed by atoms with van der Waals surface area (Å²) in [5.74, 6) is 0. The van der Waals surface area contributed by atoms with Crippen molar-refractivity contribution in [1.82, 2.24) is 4.31 Å². The van der Waals surface area contributed by atoms with E-state index in [4.69, 9.17) is 27.9 Å². The molecule has 0 N–H and O–H groups in total. The maximum atomic E-state index is 12.9. The van der Waals surface area contributed by atoms with Gasteiger partial charge in [0.2, 0.25) is 0 Å². The summed E-state index contributed by atoms with van der Waals surface area (Å²) in [5, 5.41) is 0. The molecule has 212 valence electrons. The number of carbonyl (C=O) groups is 1. The van der Waals surface area contributed by atoms with Crippen molar-refractivity contribution < 1.29 is 41.1 Å². The van der Waals surface area contributed by atoms with E-state index in [1.54, 1.807) is 0 Å². The van der Waals surface area contributed by atoms with Crippen LogP contribution in [0, 0.1) is 0 Å². The number of methoxy groups -OCH3 is 1. The predicted octanol–water partition coefficient (Wildman–Crippen LogP) is 3.81. The average Bonchev–Trinajstić information content (AvgIpc) is 3.25. The molecule has 2 fully saturated rings. The fourth-order valence-electron chi connectivity index (χ4n) is 4.71. The van der Waals surface area contributed by atoms with Crippen LogP contribution in [0.1, 0.15) is 16.7 Å². The number of ether oxygens (including phenoxy) is 5. The van der Waals surface area contributed by atoms with Crippen LogP contribution in [0.25, 0.3) is 0 Å². The van der Waals surface area contributed by atoms with Crippen LogP contribution in [0.2, 0.25) is 0 Å². The van der Waals surface area contributed by atoms with E-state index in [9.17, 15) is 13.2 Å². The van der Waals surface area contributed by atoms with Gasteiger partial charge >= 0.3 is 16.4 Å². The van der Waals surface area contributed by atoms with Crippen LogP contribution in [0.4, 0.5) is 4.79 Å². The van der Waals surface area contributed by atoms with Crippen LogP contribution in [0.5, 0.6) is 0 Å². The monoisotopic (exact) mass is 569 g/mol. The summed E-state index contributed by atoms with van der Waals surface area (Å²) < 4.78 is 61.3. The molecular weight excluding hydrogens is 538 g/mol. The second kappa shape index (κ2) is 12.9. The summed E-state index contributed by atoms with van der Waals surface area (Å²) in [5.41, 5.74) is 2.74. The number of fused-ring (bicyclic) bond motifs is 1. The molecule has 0 saturated carbocycles. The third-order valence-corrected chi connectivity index (χ3v) is 7.94. The molecule has 3 aromatic rings. The molecule has 2 heterocycles. The van der Waals surface area contributed by atoms with Gasteiger partial charge in [0, 0.05) is 0 Å². The Hall–Kier alpha value is -3.32. The van der Waals surface area contributed by atoms with Gasteiger partial charge in [-0.05, 0) is 16.7 Å². The lowest BCUT2D eigenvalue weighted by Crippen LogP contribution is -2.62. The molecule has 0 aromatic heterocycles. The molecule has 2 saturated heterocycles. The van der Waals surface area contributed by atoms with E-state index >= 15 is 0 Å². The zero-order valence-electron chi connectivity index (χ0n) is 21.9. The van der Waals surface area contributed by atoms with E-state index in [2.05, 4.69) is 0 Å². The number of rotatable bonds is 10. The molecular formula is C29H31NO9S. The zero-order chi connectivity index (χ0) is 28.0. The molecule has 0 unspecified atom stereocenters. The van der Waals surface area contributed by atoms with Crippen molar-refractivity contribution in [1.29, 1.82) is 0 Å². The van der Waals surface area contributed by atoms with Crippen molar-refractivity contribution in [2.24, 2.45) is 0 Å². The van der Waals surface area contributed by atoms with Gasteiger partial charge in [-0.3, -0.25) is 0 Å². The minimum Gasteiger partial charge on any atom is -0.452 e. The normalized spacial score (nSPS) is 25.3. The summed E-state index contributed by atoms with van der Waals surface area (Å²) in [7, 11) is -3.43. The third-order valence-electron chi connectivity index (χ3n) is 6.63. The Labute approximate surface area is 233 Å². The summed E-state index contributed by atoms with van der Waals surface area (Å²) in [6, 6.07) is 28.6. The van der Waals surface area contributed by atoms with Crippen molar-refractivity contribution in [3.05, 3.63) is 108 Å². The molecule has 3 aromatic carbocycles. The number of hydrogen-bond donors (Lipinski definition) is 0. The number of benzene rings is 3. The highest BCUT2D eigenvalue weighted by Gasteiger charge is 2.61. The van der Waals surface area contributed by atoms with Gasteiger partial charge in [0.1, 0.15) is 18.3 Å². The number of amides is 1. The molecule has 2 aliphatic heterocycles. The van der Waals surface area contributed by atoms with Crippen molar-refractivity contribution in [2.45, 2.75) is 50.5 Å². The van der Waals surface area contributed by atoms with E-state index in [0.29, 0.717) is 10.9 Å². The first-order chi connectivity index (χ1) is 19.5. The number of carbonyl (C=O) groups excluding carboxylic acids is 1. The summed E-state index contributed by atoms with van der Waals surface area (Å²) in [6.07, 6.45) is -6.19. The maximum absolute atomic E-state index is 12.9. The van der Waals surface area contributed by atoms with Gasteiger partial charge in [-0.15, -0.1) is 0 Å². The van der Waals surface area contributed by atoms with Crippen molar-refractivity contribution >= 4 is 16.4 Å². The molecule has 0 spiro atoms. The predicted molar refractivity (Wildman–Crippen MR) is 143 cm³/mol. The molecule has 2 aliphatic rings. The molecule has 1 amide bonds. The lowest BCUT2D eigenvalue weighted by Gasteiger charge is -2.43. The molecule has 10 nitrogen and oxygen atoms in total. The Morgan fingerprint density at radius 2 is 1.27 bits per heavy atom. The first-order valence-corrected chi connectivity index (χ1v) is 14.2. The van der Waals surface area contributed by atoms with Crippen LogP contribution in [0.3, 0.4) is 0 Å². The number of hydrogen-bond acceptors (Lipinski definition) is 9. The van der Waals surface area contributed by atoms with Gasteiger partial charge in [0.25, 0.3) is 0 Å².